The van der Waals surface area contributed by atoms with Gasteiger partial charge in [0.25, 0.3) is 0 Å². The van der Waals surface area contributed by atoms with E-state index in [1.165, 1.54) is 18.5 Å². The summed E-state index contributed by atoms with van der Waals surface area (Å²) in [6.07, 6.45) is 3.94. The molecule has 3 unspecified atom stereocenters. The fourth-order valence-corrected chi connectivity index (χ4v) is 5.17. The van der Waals surface area contributed by atoms with Crippen LogP contribution < -0.4 is 10.6 Å². The summed E-state index contributed by atoms with van der Waals surface area (Å²) in [6, 6.07) is 11.3. The van der Waals surface area contributed by atoms with E-state index in [-0.39, 0.29) is 5.91 Å². The maximum absolute atomic E-state index is 12.3. The van der Waals surface area contributed by atoms with Gasteiger partial charge in [-0.15, -0.1) is 0 Å². The minimum absolute atomic E-state index is 0.137. The minimum Gasteiger partial charge on any atom is -0.352 e. The van der Waals surface area contributed by atoms with Crippen molar-refractivity contribution in [2.45, 2.75) is 58.7 Å². The number of hydrogen-bond acceptors (Lipinski definition) is 4. The summed E-state index contributed by atoms with van der Waals surface area (Å²) in [6.45, 7) is 9.04. The van der Waals surface area contributed by atoms with E-state index in [4.69, 9.17) is 0 Å². The fourth-order valence-electron chi connectivity index (χ4n) is 5.17. The van der Waals surface area contributed by atoms with Gasteiger partial charge in [-0.3, -0.25) is 14.8 Å². The SMILES string of the molecule is Cc1n[nH]c(C)c1CNC(=O)CCCC1NCC2CC1CN(Cc1ccccc1)C2. The smallest absolute Gasteiger partial charge is 0.220 e. The molecule has 162 valence electrons. The molecule has 1 aromatic carbocycles. The van der Waals surface area contributed by atoms with Crippen LogP contribution in [0.15, 0.2) is 30.3 Å². The number of rotatable bonds is 8. The highest BCUT2D eigenvalue weighted by molar-refractivity contribution is 5.75. The van der Waals surface area contributed by atoms with Crippen LogP contribution in [0, 0.1) is 25.7 Å². The number of likely N-dealkylation sites (tertiary alicyclic amines) is 1. The molecule has 3 heterocycles. The number of H-pyrrole nitrogens is 1. The Kier molecular flexibility index (Phi) is 6.85. The average Bonchev–Trinajstić information content (AvgIpc) is 3.06. The molecule has 1 amide bonds. The number of nitrogens with zero attached hydrogens (tertiary/aromatic N) is 2. The summed E-state index contributed by atoms with van der Waals surface area (Å²) < 4.78 is 0. The van der Waals surface area contributed by atoms with Crippen molar-refractivity contribution in [3.05, 3.63) is 52.8 Å². The second-order valence-electron chi connectivity index (χ2n) is 9.14. The maximum atomic E-state index is 12.3. The molecular weight excluding hydrogens is 374 g/mol. The van der Waals surface area contributed by atoms with Crippen molar-refractivity contribution in [2.24, 2.45) is 11.8 Å². The molecule has 2 aliphatic heterocycles. The van der Waals surface area contributed by atoms with Crippen molar-refractivity contribution >= 4 is 5.91 Å². The first-order valence-electron chi connectivity index (χ1n) is 11.3. The Labute approximate surface area is 179 Å². The zero-order valence-electron chi connectivity index (χ0n) is 18.3. The summed E-state index contributed by atoms with van der Waals surface area (Å²) in [5, 5.41) is 14.0. The Morgan fingerprint density at radius 1 is 1.23 bits per heavy atom. The number of aryl methyl sites for hydroxylation is 2. The lowest BCUT2D eigenvalue weighted by atomic mass is 9.79. The van der Waals surface area contributed by atoms with Crippen molar-refractivity contribution in [1.82, 2.24) is 25.7 Å². The lowest BCUT2D eigenvalue weighted by Gasteiger charge is -2.46. The molecule has 30 heavy (non-hydrogen) atoms. The molecule has 1 aromatic heterocycles. The number of piperidine rings is 2. The normalized spacial score (nSPS) is 24.0. The third-order valence-corrected chi connectivity index (χ3v) is 6.79. The van der Waals surface area contributed by atoms with E-state index >= 15 is 0 Å². The third-order valence-electron chi connectivity index (χ3n) is 6.79. The molecule has 0 radical (unpaired) electrons. The topological polar surface area (TPSA) is 73.0 Å². The van der Waals surface area contributed by atoms with Gasteiger partial charge >= 0.3 is 0 Å². The Morgan fingerprint density at radius 3 is 2.83 bits per heavy atom. The summed E-state index contributed by atoms with van der Waals surface area (Å²) in [4.78, 5) is 14.9. The van der Waals surface area contributed by atoms with Gasteiger partial charge in [-0.25, -0.2) is 0 Å². The monoisotopic (exact) mass is 409 g/mol. The Balaban J connectivity index is 1.21. The number of fused-ring (bicyclic) bond motifs is 2. The summed E-state index contributed by atoms with van der Waals surface area (Å²) >= 11 is 0. The highest BCUT2D eigenvalue weighted by Crippen LogP contribution is 2.31. The number of benzene rings is 1. The molecular formula is C24H35N5O. The number of carbonyl (C=O) groups is 1. The molecule has 2 bridgehead atoms. The van der Waals surface area contributed by atoms with Crippen LogP contribution in [0.3, 0.4) is 0 Å². The second-order valence-corrected chi connectivity index (χ2v) is 9.14. The van der Waals surface area contributed by atoms with Crippen LogP contribution in [-0.4, -0.2) is 46.7 Å². The molecule has 0 aliphatic carbocycles. The molecule has 2 aromatic rings. The van der Waals surface area contributed by atoms with Crippen LogP contribution in [0.25, 0.3) is 0 Å². The lowest BCUT2D eigenvalue weighted by Crippen LogP contribution is -2.55. The molecule has 6 heteroatoms. The molecule has 2 aliphatic rings. The Morgan fingerprint density at radius 2 is 2.07 bits per heavy atom. The van der Waals surface area contributed by atoms with E-state index in [0.717, 1.165) is 55.3 Å². The quantitative estimate of drug-likeness (QED) is 0.627. The van der Waals surface area contributed by atoms with Gasteiger partial charge in [-0.05, 0) is 57.1 Å². The summed E-state index contributed by atoms with van der Waals surface area (Å²) in [5.41, 5.74) is 4.50. The number of carbonyl (C=O) groups excluding carboxylic acids is 1. The van der Waals surface area contributed by atoms with Gasteiger partial charge in [0.1, 0.15) is 0 Å². The molecule has 3 N–H and O–H groups in total. The van der Waals surface area contributed by atoms with Crippen molar-refractivity contribution in [2.75, 3.05) is 19.6 Å². The third kappa shape index (κ3) is 5.29. The van der Waals surface area contributed by atoms with Crippen LogP contribution >= 0.6 is 0 Å². The van der Waals surface area contributed by atoms with Gasteiger partial charge < -0.3 is 10.6 Å². The predicted octanol–water partition coefficient (Wildman–Crippen LogP) is 2.92. The van der Waals surface area contributed by atoms with E-state index in [2.05, 4.69) is 56.1 Å². The van der Waals surface area contributed by atoms with E-state index in [1.54, 1.807) is 0 Å². The first kappa shape index (κ1) is 21.1. The molecule has 6 nitrogen and oxygen atoms in total. The van der Waals surface area contributed by atoms with E-state index < -0.39 is 0 Å². The second kappa shape index (κ2) is 9.75. The average molecular weight is 410 g/mol. The summed E-state index contributed by atoms with van der Waals surface area (Å²) in [7, 11) is 0. The number of nitrogens with one attached hydrogen (secondary N) is 3. The zero-order chi connectivity index (χ0) is 20.9. The van der Waals surface area contributed by atoms with Crippen LogP contribution in [0.1, 0.15) is 48.2 Å². The standard InChI is InChI=1S/C24H35N5O/c1-17-22(18(2)28-27-17)13-26-24(30)10-6-9-23-21-11-20(12-25-23)15-29(16-21)14-19-7-4-3-5-8-19/h3-5,7-8,20-21,23,25H,6,9-16H2,1-2H3,(H,26,30)(H,27,28). The van der Waals surface area contributed by atoms with Gasteiger partial charge in [0, 0.05) is 49.9 Å². The molecule has 2 fully saturated rings. The van der Waals surface area contributed by atoms with Crippen LogP contribution in [0.5, 0.6) is 0 Å². The molecule has 0 spiro atoms. The van der Waals surface area contributed by atoms with Crippen molar-refractivity contribution < 1.29 is 4.79 Å². The maximum Gasteiger partial charge on any atom is 0.220 e. The van der Waals surface area contributed by atoms with Crippen LogP contribution in [-0.2, 0) is 17.9 Å². The van der Waals surface area contributed by atoms with Gasteiger partial charge in [0.05, 0.1) is 5.69 Å². The van der Waals surface area contributed by atoms with Gasteiger partial charge in [0.15, 0.2) is 0 Å². The fraction of sp³-hybridized carbons (Fsp3) is 0.583. The lowest BCUT2D eigenvalue weighted by molar-refractivity contribution is -0.121. The molecule has 3 atom stereocenters. The van der Waals surface area contributed by atoms with Gasteiger partial charge in [-0.2, -0.15) is 5.10 Å². The molecule has 4 rings (SSSR count). The predicted molar refractivity (Wildman–Crippen MR) is 119 cm³/mol. The molecule has 2 saturated heterocycles. The minimum atomic E-state index is 0.137. The molecule has 0 saturated carbocycles. The zero-order valence-corrected chi connectivity index (χ0v) is 18.3. The van der Waals surface area contributed by atoms with E-state index in [1.807, 2.05) is 13.8 Å². The van der Waals surface area contributed by atoms with Crippen molar-refractivity contribution in [3.8, 4) is 0 Å². The highest BCUT2D eigenvalue weighted by Gasteiger charge is 2.36. The number of hydrogen-bond donors (Lipinski definition) is 3. The largest absolute Gasteiger partial charge is 0.352 e. The van der Waals surface area contributed by atoms with Crippen molar-refractivity contribution in [3.63, 3.8) is 0 Å². The number of aromatic nitrogens is 2. The van der Waals surface area contributed by atoms with Gasteiger partial charge in [-0.1, -0.05) is 30.3 Å². The first-order chi connectivity index (χ1) is 14.6. The van der Waals surface area contributed by atoms with Gasteiger partial charge in [0.2, 0.25) is 5.91 Å². The van der Waals surface area contributed by atoms with Crippen LogP contribution in [0.4, 0.5) is 0 Å². The first-order valence-corrected chi connectivity index (χ1v) is 11.3. The summed E-state index contributed by atoms with van der Waals surface area (Å²) in [5.74, 6) is 1.59. The number of aromatic amines is 1. The number of amides is 1. The van der Waals surface area contributed by atoms with Crippen molar-refractivity contribution in [1.29, 1.82) is 0 Å². The van der Waals surface area contributed by atoms with E-state index in [0.29, 0.717) is 24.9 Å². The van der Waals surface area contributed by atoms with Crippen LogP contribution in [0.2, 0.25) is 0 Å². The Bertz CT molecular complexity index is 814. The highest BCUT2D eigenvalue weighted by atomic mass is 16.1. The Hall–Kier alpha value is -2.18. The van der Waals surface area contributed by atoms with E-state index in [9.17, 15) is 4.79 Å².